The molecule has 3 heteroatoms. The van der Waals surface area contributed by atoms with Gasteiger partial charge in [-0.05, 0) is 50.1 Å². The lowest BCUT2D eigenvalue weighted by Crippen LogP contribution is -2.63. The lowest BCUT2D eigenvalue weighted by Gasteiger charge is -2.53. The van der Waals surface area contributed by atoms with Crippen LogP contribution in [0.1, 0.15) is 44.7 Å². The lowest BCUT2D eigenvalue weighted by atomic mass is 9.61. The minimum atomic E-state index is 0.220. The highest BCUT2D eigenvalue weighted by Gasteiger charge is 2.51. The number of nitrogens with one attached hydrogen (secondary N) is 1. The number of rotatable bonds is 5. The van der Waals surface area contributed by atoms with Gasteiger partial charge in [-0.25, -0.2) is 0 Å². The number of hydrogen-bond acceptors (Lipinski definition) is 2. The van der Waals surface area contributed by atoms with Crippen molar-refractivity contribution in [3.05, 3.63) is 28.3 Å². The van der Waals surface area contributed by atoms with Crippen LogP contribution in [0.4, 0.5) is 0 Å². The van der Waals surface area contributed by atoms with Gasteiger partial charge in [0.15, 0.2) is 0 Å². The minimum Gasteiger partial charge on any atom is -0.490 e. The summed E-state index contributed by atoms with van der Waals surface area (Å²) >= 11 is 6.22. The zero-order chi connectivity index (χ0) is 14.9. The van der Waals surface area contributed by atoms with Crippen LogP contribution < -0.4 is 10.1 Å². The van der Waals surface area contributed by atoms with Crippen molar-refractivity contribution in [1.82, 2.24) is 5.32 Å². The molecule has 2 rings (SSSR count). The number of benzene rings is 1. The zero-order valence-corrected chi connectivity index (χ0v) is 14.0. The average Bonchev–Trinajstić information content (AvgIpc) is 2.42. The van der Waals surface area contributed by atoms with Crippen molar-refractivity contribution >= 4 is 11.6 Å². The Balaban J connectivity index is 2.11. The van der Waals surface area contributed by atoms with E-state index in [1.807, 2.05) is 26.0 Å². The second-order valence-corrected chi connectivity index (χ2v) is 6.56. The van der Waals surface area contributed by atoms with Gasteiger partial charge in [0, 0.05) is 22.9 Å². The molecule has 0 bridgehead atoms. The maximum atomic E-state index is 6.25. The number of ether oxygens (including phenoxy) is 1. The minimum absolute atomic E-state index is 0.220. The summed E-state index contributed by atoms with van der Waals surface area (Å²) in [6.07, 6.45) is 2.50. The number of halogens is 1. The standard InChI is InChI=1S/C17H26ClNO/c1-6-17(5)14(19-7-2)10-15(17)20-13-8-11(3)16(18)12(4)9-13/h8-9,14-15,19H,6-7,10H2,1-5H3. The molecular formula is C17H26ClNO. The van der Waals surface area contributed by atoms with Gasteiger partial charge >= 0.3 is 0 Å². The Bertz CT molecular complexity index is 465. The van der Waals surface area contributed by atoms with Crippen LogP contribution in [0.3, 0.4) is 0 Å². The zero-order valence-electron chi connectivity index (χ0n) is 13.2. The summed E-state index contributed by atoms with van der Waals surface area (Å²) in [5.74, 6) is 0.948. The molecule has 0 radical (unpaired) electrons. The van der Waals surface area contributed by atoms with Crippen LogP contribution in [-0.4, -0.2) is 18.7 Å². The van der Waals surface area contributed by atoms with Gasteiger partial charge in [-0.2, -0.15) is 0 Å². The molecule has 2 nitrogen and oxygen atoms in total. The van der Waals surface area contributed by atoms with E-state index in [0.29, 0.717) is 6.04 Å². The monoisotopic (exact) mass is 295 g/mol. The summed E-state index contributed by atoms with van der Waals surface area (Å²) < 4.78 is 6.25. The maximum absolute atomic E-state index is 6.25. The molecule has 1 N–H and O–H groups in total. The van der Waals surface area contributed by atoms with Crippen LogP contribution in [0, 0.1) is 19.3 Å². The molecule has 0 amide bonds. The summed E-state index contributed by atoms with van der Waals surface area (Å²) in [4.78, 5) is 0. The van der Waals surface area contributed by atoms with Gasteiger partial charge in [-0.15, -0.1) is 0 Å². The van der Waals surface area contributed by atoms with Crippen LogP contribution in [0.25, 0.3) is 0 Å². The van der Waals surface area contributed by atoms with E-state index in [-0.39, 0.29) is 11.5 Å². The van der Waals surface area contributed by atoms with Gasteiger partial charge in [0.1, 0.15) is 11.9 Å². The van der Waals surface area contributed by atoms with E-state index in [1.54, 1.807) is 0 Å². The second kappa shape index (κ2) is 5.95. The predicted octanol–water partition coefficient (Wildman–Crippen LogP) is 4.50. The predicted molar refractivity (Wildman–Crippen MR) is 85.8 cm³/mol. The van der Waals surface area contributed by atoms with Gasteiger partial charge in [0.05, 0.1) is 0 Å². The van der Waals surface area contributed by atoms with Gasteiger partial charge in [0.25, 0.3) is 0 Å². The van der Waals surface area contributed by atoms with E-state index in [1.165, 1.54) is 0 Å². The molecular weight excluding hydrogens is 270 g/mol. The van der Waals surface area contributed by atoms with Crippen molar-refractivity contribution in [2.24, 2.45) is 5.41 Å². The van der Waals surface area contributed by atoms with Gasteiger partial charge < -0.3 is 10.1 Å². The lowest BCUT2D eigenvalue weighted by molar-refractivity contribution is -0.0697. The van der Waals surface area contributed by atoms with Crippen LogP contribution in [0.2, 0.25) is 5.02 Å². The molecule has 0 spiro atoms. The topological polar surface area (TPSA) is 21.3 Å². The molecule has 0 aliphatic heterocycles. The molecule has 1 saturated carbocycles. The molecule has 1 aliphatic rings. The molecule has 1 fully saturated rings. The third kappa shape index (κ3) is 2.68. The Labute approximate surface area is 127 Å². The van der Waals surface area contributed by atoms with Crippen LogP contribution in [-0.2, 0) is 0 Å². The fourth-order valence-electron chi connectivity index (χ4n) is 3.17. The number of hydrogen-bond donors (Lipinski definition) is 1. The molecule has 112 valence electrons. The average molecular weight is 296 g/mol. The van der Waals surface area contributed by atoms with Crippen molar-refractivity contribution in [2.45, 2.75) is 59.6 Å². The van der Waals surface area contributed by atoms with E-state index in [2.05, 4.69) is 26.1 Å². The third-order valence-corrected chi connectivity index (χ3v) is 5.48. The summed E-state index contributed by atoms with van der Waals surface area (Å²) in [5.41, 5.74) is 2.39. The first-order valence-electron chi connectivity index (χ1n) is 7.59. The SMILES string of the molecule is CCNC1CC(Oc2cc(C)c(Cl)c(C)c2)C1(C)CC. The first-order chi connectivity index (χ1) is 9.42. The van der Waals surface area contributed by atoms with Crippen molar-refractivity contribution in [2.75, 3.05) is 6.54 Å². The highest BCUT2D eigenvalue weighted by Crippen LogP contribution is 2.46. The Hall–Kier alpha value is -0.730. The molecule has 1 aliphatic carbocycles. The summed E-state index contributed by atoms with van der Waals surface area (Å²) in [6, 6.07) is 4.66. The molecule has 3 unspecified atom stereocenters. The normalized spacial score (nSPS) is 29.1. The third-order valence-electron chi connectivity index (χ3n) is 4.88. The van der Waals surface area contributed by atoms with E-state index < -0.39 is 0 Å². The summed E-state index contributed by atoms with van der Waals surface area (Å²) in [6.45, 7) is 11.8. The fourth-order valence-corrected chi connectivity index (χ4v) is 3.28. The van der Waals surface area contributed by atoms with Crippen molar-refractivity contribution < 1.29 is 4.74 Å². The van der Waals surface area contributed by atoms with Crippen molar-refractivity contribution in [3.8, 4) is 5.75 Å². The molecule has 20 heavy (non-hydrogen) atoms. The van der Waals surface area contributed by atoms with Gasteiger partial charge in [0.2, 0.25) is 0 Å². The summed E-state index contributed by atoms with van der Waals surface area (Å²) in [5, 5.41) is 4.41. The smallest absolute Gasteiger partial charge is 0.120 e. The highest BCUT2D eigenvalue weighted by molar-refractivity contribution is 6.32. The van der Waals surface area contributed by atoms with E-state index in [4.69, 9.17) is 16.3 Å². The summed E-state index contributed by atoms with van der Waals surface area (Å²) in [7, 11) is 0. The fraction of sp³-hybridized carbons (Fsp3) is 0.647. The van der Waals surface area contributed by atoms with Gasteiger partial charge in [-0.1, -0.05) is 32.4 Å². The molecule has 0 aromatic heterocycles. The second-order valence-electron chi connectivity index (χ2n) is 6.18. The van der Waals surface area contributed by atoms with Crippen LogP contribution in [0.5, 0.6) is 5.75 Å². The molecule has 3 atom stereocenters. The van der Waals surface area contributed by atoms with Crippen molar-refractivity contribution in [1.29, 1.82) is 0 Å². The quantitative estimate of drug-likeness (QED) is 0.863. The first kappa shape index (κ1) is 15.7. The highest BCUT2D eigenvalue weighted by atomic mass is 35.5. The Kier molecular flexibility index (Phi) is 4.66. The first-order valence-corrected chi connectivity index (χ1v) is 7.97. The molecule has 1 aromatic rings. The largest absolute Gasteiger partial charge is 0.490 e. The van der Waals surface area contributed by atoms with E-state index in [9.17, 15) is 0 Å². The maximum Gasteiger partial charge on any atom is 0.120 e. The van der Waals surface area contributed by atoms with Crippen LogP contribution >= 0.6 is 11.6 Å². The Morgan fingerprint density at radius 3 is 2.40 bits per heavy atom. The van der Waals surface area contributed by atoms with Crippen LogP contribution in [0.15, 0.2) is 12.1 Å². The van der Waals surface area contributed by atoms with E-state index >= 15 is 0 Å². The van der Waals surface area contributed by atoms with Gasteiger partial charge in [-0.3, -0.25) is 0 Å². The Morgan fingerprint density at radius 1 is 1.30 bits per heavy atom. The Morgan fingerprint density at radius 2 is 1.90 bits per heavy atom. The molecule has 1 aromatic carbocycles. The van der Waals surface area contributed by atoms with E-state index in [0.717, 1.165) is 41.3 Å². The number of aryl methyl sites for hydroxylation is 2. The molecule has 0 saturated heterocycles. The molecule has 0 heterocycles. The van der Waals surface area contributed by atoms with Crippen molar-refractivity contribution in [3.63, 3.8) is 0 Å².